The summed E-state index contributed by atoms with van der Waals surface area (Å²) >= 11 is 0. The highest BCUT2D eigenvalue weighted by Gasteiger charge is 2.05. The van der Waals surface area contributed by atoms with Crippen molar-refractivity contribution < 1.29 is 4.57 Å². The molecule has 0 saturated carbocycles. The van der Waals surface area contributed by atoms with Gasteiger partial charge >= 0.3 is 0 Å². The first-order chi connectivity index (χ1) is 10.8. The Kier molecular flexibility index (Phi) is 4.39. The molecule has 0 bridgehead atoms. The molecule has 0 amide bonds. The maximum Gasteiger partial charge on any atom is 0.176 e. The van der Waals surface area contributed by atoms with Crippen molar-refractivity contribution in [1.29, 1.82) is 0 Å². The maximum absolute atomic E-state index is 10.2. The summed E-state index contributed by atoms with van der Waals surface area (Å²) in [5.74, 6) is 0. The summed E-state index contributed by atoms with van der Waals surface area (Å²) in [5.41, 5.74) is 0.829. The van der Waals surface area contributed by atoms with Crippen LogP contribution in [0.3, 0.4) is 0 Å². The molecule has 1 aromatic heterocycles. The minimum absolute atomic E-state index is 0.829. The van der Waals surface area contributed by atoms with Crippen molar-refractivity contribution in [3.05, 3.63) is 84.0 Å². The zero-order chi connectivity index (χ0) is 15.2. The first kappa shape index (κ1) is 14.2. The summed E-state index contributed by atoms with van der Waals surface area (Å²) in [6.07, 6.45) is 14.4. The average molecular weight is 292 g/mol. The van der Waals surface area contributed by atoms with E-state index in [4.69, 9.17) is 0 Å². The molecule has 0 saturated heterocycles. The van der Waals surface area contributed by atoms with Crippen molar-refractivity contribution in [1.82, 2.24) is 4.90 Å². The molecule has 0 N–H and O–H groups in total. The van der Waals surface area contributed by atoms with Gasteiger partial charge in [-0.1, -0.05) is 18.2 Å². The number of fused-ring (bicyclic) bond motifs is 1. The average Bonchev–Trinajstić information content (AvgIpc) is 2.57. The summed E-state index contributed by atoms with van der Waals surface area (Å²) in [6.45, 7) is 1.91. The molecule has 0 unspecified atom stereocenters. The molecule has 4 nitrogen and oxygen atoms in total. The van der Waals surface area contributed by atoms with Gasteiger partial charge in [0.05, 0.1) is 6.20 Å². The van der Waals surface area contributed by atoms with Crippen LogP contribution in [0.25, 0.3) is 10.8 Å². The minimum Gasteiger partial charge on any atom is -0.354 e. The number of rotatable bonds is 5. The molecule has 1 aliphatic rings. The maximum atomic E-state index is 10.2. The third kappa shape index (κ3) is 3.47. The Labute approximate surface area is 129 Å². The third-order valence-corrected chi connectivity index (χ3v) is 3.70. The lowest BCUT2D eigenvalue weighted by Gasteiger charge is -2.17. The number of aryl methyl sites for hydroxylation is 1. The number of hydrogen-bond donors (Lipinski definition) is 0. The molecule has 1 aliphatic heterocycles. The molecule has 0 aliphatic carbocycles. The molecule has 22 heavy (non-hydrogen) atoms. The molecule has 4 heteroatoms. The minimum atomic E-state index is 0.829. The molecule has 0 fully saturated rings. The monoisotopic (exact) mass is 292 g/mol. The van der Waals surface area contributed by atoms with E-state index >= 15 is 0 Å². The lowest BCUT2D eigenvalue weighted by atomic mass is 10.2. The lowest BCUT2D eigenvalue weighted by Crippen LogP contribution is -2.34. The van der Waals surface area contributed by atoms with E-state index in [2.05, 4.69) is 57.4 Å². The zero-order valence-electron chi connectivity index (χ0n) is 12.3. The van der Waals surface area contributed by atoms with E-state index in [1.54, 1.807) is 0 Å². The van der Waals surface area contributed by atoms with Gasteiger partial charge < -0.3 is 4.90 Å². The topological polar surface area (TPSA) is 36.6 Å². The van der Waals surface area contributed by atoms with Crippen LogP contribution in [0.2, 0.25) is 0 Å². The van der Waals surface area contributed by atoms with Crippen molar-refractivity contribution in [3.8, 4) is 0 Å². The van der Waals surface area contributed by atoms with Crippen molar-refractivity contribution in [2.45, 2.75) is 13.0 Å². The van der Waals surface area contributed by atoms with Crippen LogP contribution in [0.4, 0.5) is 0 Å². The van der Waals surface area contributed by atoms with Gasteiger partial charge in [-0.25, -0.2) is 4.57 Å². The molecule has 3 rings (SSSR count). The van der Waals surface area contributed by atoms with Crippen molar-refractivity contribution in [2.75, 3.05) is 6.54 Å². The van der Waals surface area contributed by atoms with Crippen LogP contribution in [0.15, 0.2) is 84.2 Å². The number of hydrogen-bond acceptors (Lipinski definition) is 3. The summed E-state index contributed by atoms with van der Waals surface area (Å²) in [4.78, 5) is 12.3. The van der Waals surface area contributed by atoms with Gasteiger partial charge in [0.1, 0.15) is 6.54 Å². The van der Waals surface area contributed by atoms with Gasteiger partial charge in [0.2, 0.25) is 0 Å². The molecular weight excluding hydrogens is 274 g/mol. The van der Waals surface area contributed by atoms with Gasteiger partial charge in [-0.3, -0.25) is 0 Å². The fraction of sp³-hybridized carbons (Fsp3) is 0.167. The Balaban J connectivity index is 1.54. The fourth-order valence-corrected chi connectivity index (χ4v) is 2.52. The van der Waals surface area contributed by atoms with E-state index in [1.807, 2.05) is 24.6 Å². The normalized spacial score (nSPS) is 13.6. The Morgan fingerprint density at radius 2 is 1.86 bits per heavy atom. The van der Waals surface area contributed by atoms with Gasteiger partial charge in [0.25, 0.3) is 0 Å². The molecule has 110 valence electrons. The highest BCUT2D eigenvalue weighted by atomic mass is 16.2. The van der Waals surface area contributed by atoms with Crippen LogP contribution >= 0.6 is 0 Å². The first-order valence-electron chi connectivity index (χ1n) is 7.38. The largest absolute Gasteiger partial charge is 0.354 e. The van der Waals surface area contributed by atoms with Crippen molar-refractivity contribution in [2.24, 2.45) is 5.18 Å². The highest BCUT2D eigenvalue weighted by molar-refractivity contribution is 5.80. The second kappa shape index (κ2) is 6.80. The van der Waals surface area contributed by atoms with Gasteiger partial charge in [-0.15, -0.1) is 4.91 Å². The summed E-state index contributed by atoms with van der Waals surface area (Å²) < 4.78 is 2.22. The van der Waals surface area contributed by atoms with Crippen LogP contribution in [0.1, 0.15) is 6.42 Å². The predicted octanol–water partition coefficient (Wildman–Crippen LogP) is 3.51. The molecule has 0 spiro atoms. The second-order valence-electron chi connectivity index (χ2n) is 5.27. The lowest BCUT2D eigenvalue weighted by molar-refractivity contribution is -0.696. The summed E-state index contributed by atoms with van der Waals surface area (Å²) in [6, 6.07) is 10.5. The molecule has 0 atom stereocenters. The zero-order valence-corrected chi connectivity index (χ0v) is 12.3. The quantitative estimate of drug-likeness (QED) is 0.624. The smallest absolute Gasteiger partial charge is 0.176 e. The fourth-order valence-electron chi connectivity index (χ4n) is 2.52. The molecule has 1 aromatic carbocycles. The predicted molar refractivity (Wildman–Crippen MR) is 87.6 cm³/mol. The number of pyridine rings is 1. The van der Waals surface area contributed by atoms with E-state index < -0.39 is 0 Å². The van der Waals surface area contributed by atoms with E-state index in [0.717, 1.165) is 25.1 Å². The van der Waals surface area contributed by atoms with Crippen molar-refractivity contribution >= 4 is 10.8 Å². The number of nitroso groups, excluding NO2 is 1. The van der Waals surface area contributed by atoms with Crippen molar-refractivity contribution in [3.63, 3.8) is 0 Å². The van der Waals surface area contributed by atoms with Gasteiger partial charge in [0, 0.05) is 36.8 Å². The number of nitrogens with zero attached hydrogens (tertiary/aromatic N) is 3. The summed E-state index contributed by atoms with van der Waals surface area (Å²) in [7, 11) is 0. The van der Waals surface area contributed by atoms with Crippen LogP contribution in [0.5, 0.6) is 0 Å². The number of aromatic nitrogens is 1. The van der Waals surface area contributed by atoms with E-state index in [0.29, 0.717) is 0 Å². The van der Waals surface area contributed by atoms with Gasteiger partial charge in [-0.05, 0) is 34.4 Å². The molecule has 2 heterocycles. The van der Waals surface area contributed by atoms with E-state index in [-0.39, 0.29) is 0 Å². The number of allylic oxidation sites excluding steroid dienone is 3. The number of benzene rings is 1. The van der Waals surface area contributed by atoms with Gasteiger partial charge in [0.15, 0.2) is 12.4 Å². The Morgan fingerprint density at radius 3 is 2.64 bits per heavy atom. The Hall–Kier alpha value is -2.75. The van der Waals surface area contributed by atoms with Crippen LogP contribution in [0, 0.1) is 4.91 Å². The molecule has 0 radical (unpaired) electrons. The van der Waals surface area contributed by atoms with E-state index in [1.165, 1.54) is 17.0 Å². The van der Waals surface area contributed by atoms with Gasteiger partial charge in [-0.2, -0.15) is 0 Å². The SMILES string of the molecule is O=NC=C1C=CN(CCC[n+]2ccc3ccccc3c2)C=C1. The van der Waals surface area contributed by atoms with Crippen LogP contribution in [-0.4, -0.2) is 11.4 Å². The Bertz CT molecular complexity index is 746. The highest BCUT2D eigenvalue weighted by Crippen LogP contribution is 2.11. The Morgan fingerprint density at radius 1 is 1.09 bits per heavy atom. The standard InChI is InChI=1S/C18H18N3O/c22-19-14-16-6-11-20(12-7-16)9-3-10-21-13-8-17-4-1-2-5-18(17)15-21/h1-2,4-8,11-15H,3,9-10H2/q+1. The molecular formula is C18H18N3O+. The van der Waals surface area contributed by atoms with Crippen LogP contribution < -0.4 is 4.57 Å². The first-order valence-corrected chi connectivity index (χ1v) is 7.38. The molecule has 2 aromatic rings. The van der Waals surface area contributed by atoms with E-state index in [9.17, 15) is 4.91 Å². The second-order valence-corrected chi connectivity index (χ2v) is 5.27. The van der Waals surface area contributed by atoms with Crippen LogP contribution in [-0.2, 0) is 6.54 Å². The third-order valence-electron chi connectivity index (χ3n) is 3.70. The summed E-state index contributed by atoms with van der Waals surface area (Å²) in [5, 5.41) is 5.30.